The van der Waals surface area contributed by atoms with E-state index in [1.807, 2.05) is 16.8 Å². The Morgan fingerprint density at radius 1 is 1.00 bits per heavy atom. The monoisotopic (exact) mass is 285 g/mol. The molecule has 0 unspecified atom stereocenters. The maximum atomic E-state index is 14.1. The second-order valence-corrected chi connectivity index (χ2v) is 5.23. The first-order valence-corrected chi connectivity index (χ1v) is 7.24. The molecular weight excluding hydrogens is 268 g/mol. The minimum atomic E-state index is -0.265. The van der Waals surface area contributed by atoms with Crippen LogP contribution in [0.2, 0.25) is 0 Å². The summed E-state index contributed by atoms with van der Waals surface area (Å²) in [5, 5.41) is 0.887. The molecular formula is C18H17F2N. The smallest absolute Gasteiger partial charge is 0.131 e. The van der Waals surface area contributed by atoms with E-state index in [0.717, 1.165) is 35.9 Å². The zero-order chi connectivity index (χ0) is 14.8. The van der Waals surface area contributed by atoms with Crippen molar-refractivity contribution in [1.29, 1.82) is 0 Å². The van der Waals surface area contributed by atoms with Crippen molar-refractivity contribution in [3.05, 3.63) is 60.3 Å². The summed E-state index contributed by atoms with van der Waals surface area (Å²) in [5.74, 6) is -0.519. The number of hydrogen-bond acceptors (Lipinski definition) is 0. The molecule has 3 heteroatoms. The van der Waals surface area contributed by atoms with Crippen LogP contribution in [0.15, 0.2) is 48.7 Å². The average molecular weight is 285 g/mol. The van der Waals surface area contributed by atoms with Gasteiger partial charge in [0.2, 0.25) is 0 Å². The Kier molecular flexibility index (Phi) is 3.74. The van der Waals surface area contributed by atoms with Crippen molar-refractivity contribution in [3.8, 4) is 11.1 Å². The highest BCUT2D eigenvalue weighted by Gasteiger charge is 2.13. The molecule has 1 aromatic heterocycles. The lowest BCUT2D eigenvalue weighted by molar-refractivity contribution is 0.623. The Labute approximate surface area is 122 Å². The standard InChI is InChI=1S/C18H17F2N/c1-2-3-10-21-12-16(14-6-4-5-7-17(14)20)15-9-8-13(19)11-18(15)21/h4-9,11-12H,2-3,10H2,1H3. The van der Waals surface area contributed by atoms with Gasteiger partial charge in [0.05, 0.1) is 5.52 Å². The van der Waals surface area contributed by atoms with Gasteiger partial charge >= 0.3 is 0 Å². The van der Waals surface area contributed by atoms with Gasteiger partial charge in [0.1, 0.15) is 11.6 Å². The summed E-state index contributed by atoms with van der Waals surface area (Å²) < 4.78 is 29.6. The first kappa shape index (κ1) is 13.8. The quantitative estimate of drug-likeness (QED) is 0.606. The van der Waals surface area contributed by atoms with Gasteiger partial charge in [-0.3, -0.25) is 0 Å². The third-order valence-corrected chi connectivity index (χ3v) is 3.76. The van der Waals surface area contributed by atoms with E-state index in [2.05, 4.69) is 6.92 Å². The Morgan fingerprint density at radius 2 is 1.81 bits per heavy atom. The topological polar surface area (TPSA) is 4.93 Å². The lowest BCUT2D eigenvalue weighted by Crippen LogP contribution is -1.95. The molecule has 1 heterocycles. The van der Waals surface area contributed by atoms with Crippen molar-refractivity contribution < 1.29 is 8.78 Å². The molecule has 0 amide bonds. The predicted octanol–water partition coefficient (Wildman–Crippen LogP) is 5.39. The molecule has 0 N–H and O–H groups in total. The van der Waals surface area contributed by atoms with E-state index in [4.69, 9.17) is 0 Å². The number of halogens is 2. The Morgan fingerprint density at radius 3 is 2.57 bits per heavy atom. The fourth-order valence-electron chi connectivity index (χ4n) is 2.67. The van der Waals surface area contributed by atoms with Gasteiger partial charge in [-0.15, -0.1) is 0 Å². The fourth-order valence-corrected chi connectivity index (χ4v) is 2.67. The highest BCUT2D eigenvalue weighted by Crippen LogP contribution is 2.32. The minimum Gasteiger partial charge on any atom is -0.347 e. The van der Waals surface area contributed by atoms with Crippen LogP contribution in [-0.2, 0) is 6.54 Å². The van der Waals surface area contributed by atoms with Crippen LogP contribution >= 0.6 is 0 Å². The van der Waals surface area contributed by atoms with Crippen LogP contribution in [0.25, 0.3) is 22.0 Å². The molecule has 0 aliphatic heterocycles. The predicted molar refractivity (Wildman–Crippen MR) is 82.2 cm³/mol. The Bertz CT molecular complexity index is 774. The molecule has 0 aliphatic carbocycles. The number of unbranched alkanes of at least 4 members (excludes halogenated alkanes) is 1. The van der Waals surface area contributed by atoms with Crippen LogP contribution in [0.3, 0.4) is 0 Å². The largest absolute Gasteiger partial charge is 0.347 e. The molecule has 21 heavy (non-hydrogen) atoms. The van der Waals surface area contributed by atoms with Gasteiger partial charge in [0.25, 0.3) is 0 Å². The van der Waals surface area contributed by atoms with Gasteiger partial charge in [-0.2, -0.15) is 0 Å². The molecule has 1 nitrogen and oxygen atoms in total. The lowest BCUT2D eigenvalue weighted by Gasteiger charge is -2.03. The van der Waals surface area contributed by atoms with Crippen LogP contribution in [0, 0.1) is 11.6 Å². The van der Waals surface area contributed by atoms with E-state index in [1.165, 1.54) is 18.2 Å². The lowest BCUT2D eigenvalue weighted by atomic mass is 10.0. The number of aromatic nitrogens is 1. The summed E-state index contributed by atoms with van der Waals surface area (Å²) in [7, 11) is 0. The van der Waals surface area contributed by atoms with Crippen molar-refractivity contribution in [2.24, 2.45) is 0 Å². The zero-order valence-electron chi connectivity index (χ0n) is 11.9. The molecule has 0 radical (unpaired) electrons. The van der Waals surface area contributed by atoms with Crippen LogP contribution < -0.4 is 0 Å². The third kappa shape index (κ3) is 2.56. The molecule has 0 aliphatic rings. The molecule has 0 spiro atoms. The van der Waals surface area contributed by atoms with Crippen LogP contribution in [0.5, 0.6) is 0 Å². The number of rotatable bonds is 4. The molecule has 0 bridgehead atoms. The SMILES string of the molecule is CCCCn1cc(-c2ccccc2F)c2ccc(F)cc21. The van der Waals surface area contributed by atoms with E-state index >= 15 is 0 Å². The summed E-state index contributed by atoms with van der Waals surface area (Å²) in [6.45, 7) is 2.93. The van der Waals surface area contributed by atoms with E-state index in [9.17, 15) is 8.78 Å². The Balaban J connectivity index is 2.21. The summed E-state index contributed by atoms with van der Waals surface area (Å²) in [5.41, 5.74) is 2.20. The van der Waals surface area contributed by atoms with Crippen molar-refractivity contribution in [3.63, 3.8) is 0 Å². The number of aryl methyl sites for hydroxylation is 1. The molecule has 0 saturated heterocycles. The van der Waals surface area contributed by atoms with Gasteiger partial charge in [-0.25, -0.2) is 8.78 Å². The summed E-state index contributed by atoms with van der Waals surface area (Å²) >= 11 is 0. The van der Waals surface area contributed by atoms with Crippen molar-refractivity contribution in [1.82, 2.24) is 4.57 Å². The number of fused-ring (bicyclic) bond motifs is 1. The van der Waals surface area contributed by atoms with Crippen LogP contribution in [0.1, 0.15) is 19.8 Å². The average Bonchev–Trinajstić information content (AvgIpc) is 2.83. The van der Waals surface area contributed by atoms with Crippen molar-refractivity contribution in [2.45, 2.75) is 26.3 Å². The summed E-state index contributed by atoms with van der Waals surface area (Å²) in [6, 6.07) is 11.4. The minimum absolute atomic E-state index is 0.253. The van der Waals surface area contributed by atoms with Gasteiger partial charge in [-0.1, -0.05) is 31.5 Å². The molecule has 3 rings (SSSR count). The molecule has 108 valence electrons. The fraction of sp³-hybridized carbons (Fsp3) is 0.222. The first-order chi connectivity index (χ1) is 10.2. The maximum Gasteiger partial charge on any atom is 0.131 e. The van der Waals surface area contributed by atoms with Crippen LogP contribution in [-0.4, -0.2) is 4.57 Å². The van der Waals surface area contributed by atoms with Gasteiger partial charge in [-0.05, 0) is 30.7 Å². The van der Waals surface area contributed by atoms with Gasteiger partial charge in [0, 0.05) is 29.3 Å². The van der Waals surface area contributed by atoms with E-state index in [-0.39, 0.29) is 11.6 Å². The van der Waals surface area contributed by atoms with Gasteiger partial charge < -0.3 is 4.57 Å². The van der Waals surface area contributed by atoms with Crippen molar-refractivity contribution in [2.75, 3.05) is 0 Å². The zero-order valence-corrected chi connectivity index (χ0v) is 11.9. The van der Waals surface area contributed by atoms with Crippen LogP contribution in [0.4, 0.5) is 8.78 Å². The number of hydrogen-bond donors (Lipinski definition) is 0. The highest BCUT2D eigenvalue weighted by molar-refractivity contribution is 5.96. The summed E-state index contributed by atoms with van der Waals surface area (Å²) in [4.78, 5) is 0. The number of benzene rings is 2. The molecule has 0 fully saturated rings. The molecule has 3 aromatic rings. The molecule has 0 atom stereocenters. The highest BCUT2D eigenvalue weighted by atomic mass is 19.1. The number of nitrogens with zero attached hydrogens (tertiary/aromatic N) is 1. The van der Waals surface area contributed by atoms with Crippen molar-refractivity contribution >= 4 is 10.9 Å². The van der Waals surface area contributed by atoms with Gasteiger partial charge in [0.15, 0.2) is 0 Å². The first-order valence-electron chi connectivity index (χ1n) is 7.24. The Hall–Kier alpha value is -2.16. The maximum absolute atomic E-state index is 14.1. The third-order valence-electron chi connectivity index (χ3n) is 3.76. The normalized spacial score (nSPS) is 11.2. The van der Waals surface area contributed by atoms with E-state index in [0.29, 0.717) is 5.56 Å². The second kappa shape index (κ2) is 5.68. The second-order valence-electron chi connectivity index (χ2n) is 5.23. The molecule has 2 aromatic carbocycles. The summed E-state index contributed by atoms with van der Waals surface area (Å²) in [6.07, 6.45) is 4.00. The van der Waals surface area contributed by atoms with E-state index < -0.39 is 0 Å². The van der Waals surface area contributed by atoms with E-state index in [1.54, 1.807) is 18.2 Å². The molecule has 0 saturated carbocycles.